The predicted molar refractivity (Wildman–Crippen MR) is 126 cm³/mol. The van der Waals surface area contributed by atoms with Crippen LogP contribution >= 0.6 is 23.2 Å². The first-order valence-corrected chi connectivity index (χ1v) is 10.7. The van der Waals surface area contributed by atoms with Crippen molar-refractivity contribution in [2.45, 2.75) is 32.4 Å². The van der Waals surface area contributed by atoms with Crippen LogP contribution in [0.2, 0.25) is 10.0 Å². The third-order valence-corrected chi connectivity index (χ3v) is 5.72. The molecule has 1 unspecified atom stereocenters. The molecule has 32 heavy (non-hydrogen) atoms. The Morgan fingerprint density at radius 1 is 0.969 bits per heavy atom. The third kappa shape index (κ3) is 4.39. The molecule has 4 aromatic rings. The van der Waals surface area contributed by atoms with Gasteiger partial charge in [0.05, 0.1) is 27.3 Å². The molecule has 0 aliphatic rings. The van der Waals surface area contributed by atoms with E-state index in [1.807, 2.05) is 13.0 Å². The first kappa shape index (κ1) is 22.4. The van der Waals surface area contributed by atoms with Gasteiger partial charge in [-0.1, -0.05) is 41.4 Å². The zero-order chi connectivity index (χ0) is 23.0. The molecule has 0 radical (unpaired) electrons. The molecule has 2 aromatic carbocycles. The van der Waals surface area contributed by atoms with Gasteiger partial charge in [-0.05, 0) is 44.5 Å². The number of pyridine rings is 1. The molecule has 164 valence electrons. The maximum absolute atomic E-state index is 14.3. The fourth-order valence-electron chi connectivity index (χ4n) is 3.46. The first-order chi connectivity index (χ1) is 15.1. The standard InChI is InChI=1S/C24H21Cl2FN4O/c1-13(16-6-4-5-7-20(16)27)31-22-17-8-14(9-18(25)21(17)28-12-19(22)26)15-10-29-23(30-11-15)24(2,3)32/h4-13,32H,1-3H3,(H,28,31). The molecule has 0 amide bonds. The Hall–Kier alpha value is -2.80. The molecule has 0 aliphatic carbocycles. The lowest BCUT2D eigenvalue weighted by molar-refractivity contribution is 0.0687. The molecule has 0 bridgehead atoms. The van der Waals surface area contributed by atoms with Crippen molar-refractivity contribution >= 4 is 39.8 Å². The van der Waals surface area contributed by atoms with Crippen LogP contribution in [0.1, 0.15) is 38.2 Å². The van der Waals surface area contributed by atoms with Crippen LogP contribution < -0.4 is 5.32 Å². The lowest BCUT2D eigenvalue weighted by Gasteiger charge is -2.20. The van der Waals surface area contributed by atoms with E-state index in [-0.39, 0.29) is 11.9 Å². The van der Waals surface area contributed by atoms with E-state index in [9.17, 15) is 9.50 Å². The van der Waals surface area contributed by atoms with E-state index < -0.39 is 5.60 Å². The van der Waals surface area contributed by atoms with Gasteiger partial charge in [-0.25, -0.2) is 14.4 Å². The zero-order valence-corrected chi connectivity index (χ0v) is 19.2. The van der Waals surface area contributed by atoms with Crippen molar-refractivity contribution in [3.05, 3.63) is 82.2 Å². The number of fused-ring (bicyclic) bond motifs is 1. The minimum atomic E-state index is -1.14. The quantitative estimate of drug-likeness (QED) is 0.346. The van der Waals surface area contributed by atoms with Crippen LogP contribution in [0, 0.1) is 5.82 Å². The molecule has 0 saturated heterocycles. The molecule has 5 nitrogen and oxygen atoms in total. The summed E-state index contributed by atoms with van der Waals surface area (Å²) < 4.78 is 14.3. The van der Waals surface area contributed by atoms with Crippen molar-refractivity contribution < 1.29 is 9.50 Å². The van der Waals surface area contributed by atoms with E-state index in [0.29, 0.717) is 38.0 Å². The lowest BCUT2D eigenvalue weighted by Crippen LogP contribution is -2.19. The SMILES string of the molecule is CC(Nc1c(Cl)cnc2c(Cl)cc(-c3cnc(C(C)(C)O)nc3)cc12)c1ccccc1F. The Kier molecular flexibility index (Phi) is 6.03. The fourth-order valence-corrected chi connectivity index (χ4v) is 3.94. The molecule has 4 rings (SSSR count). The van der Waals surface area contributed by atoms with Crippen LogP contribution in [0.3, 0.4) is 0 Å². The van der Waals surface area contributed by atoms with Crippen molar-refractivity contribution in [3.63, 3.8) is 0 Å². The number of nitrogens with zero attached hydrogens (tertiary/aromatic N) is 3. The molecule has 2 N–H and O–H groups in total. The van der Waals surface area contributed by atoms with Crippen LogP contribution in [0.5, 0.6) is 0 Å². The summed E-state index contributed by atoms with van der Waals surface area (Å²) in [6.07, 6.45) is 4.78. The molecule has 0 saturated carbocycles. The summed E-state index contributed by atoms with van der Waals surface area (Å²) in [5.41, 5.74) is 2.02. The highest BCUT2D eigenvalue weighted by molar-refractivity contribution is 6.38. The van der Waals surface area contributed by atoms with E-state index in [4.69, 9.17) is 23.2 Å². The highest BCUT2D eigenvalue weighted by Crippen LogP contribution is 2.38. The first-order valence-electron chi connectivity index (χ1n) is 9.99. The van der Waals surface area contributed by atoms with Crippen molar-refractivity contribution in [1.29, 1.82) is 0 Å². The van der Waals surface area contributed by atoms with Gasteiger partial charge in [0.15, 0.2) is 5.82 Å². The van der Waals surface area contributed by atoms with E-state index in [1.165, 1.54) is 12.3 Å². The van der Waals surface area contributed by atoms with Gasteiger partial charge in [0.1, 0.15) is 11.4 Å². The average molecular weight is 471 g/mol. The highest BCUT2D eigenvalue weighted by Gasteiger charge is 2.20. The van der Waals surface area contributed by atoms with Crippen molar-refractivity contribution in [2.24, 2.45) is 0 Å². The number of aliphatic hydroxyl groups is 1. The van der Waals surface area contributed by atoms with Crippen molar-refractivity contribution in [3.8, 4) is 11.1 Å². The van der Waals surface area contributed by atoms with Crippen LogP contribution in [0.15, 0.2) is 55.0 Å². The third-order valence-electron chi connectivity index (χ3n) is 5.14. The Morgan fingerprint density at radius 2 is 1.66 bits per heavy atom. The van der Waals surface area contributed by atoms with Gasteiger partial charge in [0.25, 0.3) is 0 Å². The second kappa shape index (κ2) is 8.62. The Bertz CT molecular complexity index is 1290. The second-order valence-electron chi connectivity index (χ2n) is 8.08. The van der Waals surface area contributed by atoms with E-state index in [1.54, 1.807) is 50.5 Å². The zero-order valence-electron chi connectivity index (χ0n) is 17.7. The van der Waals surface area contributed by atoms with Crippen LogP contribution in [-0.2, 0) is 5.60 Å². The van der Waals surface area contributed by atoms with E-state index in [2.05, 4.69) is 20.3 Å². The molecule has 2 aromatic heterocycles. The number of anilines is 1. The monoisotopic (exact) mass is 470 g/mol. The smallest absolute Gasteiger partial charge is 0.159 e. The summed E-state index contributed by atoms with van der Waals surface area (Å²) in [4.78, 5) is 12.9. The molecule has 1 atom stereocenters. The summed E-state index contributed by atoms with van der Waals surface area (Å²) in [5, 5.41) is 14.9. The molecule has 0 aliphatic heterocycles. The van der Waals surface area contributed by atoms with Gasteiger partial charge in [0, 0.05) is 35.1 Å². The van der Waals surface area contributed by atoms with Gasteiger partial charge in [-0.2, -0.15) is 0 Å². The molecular formula is C24H21Cl2FN4O. The van der Waals surface area contributed by atoms with Crippen LogP contribution in [0.4, 0.5) is 10.1 Å². The Labute approximate surface area is 195 Å². The molecular weight excluding hydrogens is 450 g/mol. The van der Waals surface area contributed by atoms with Gasteiger partial charge < -0.3 is 10.4 Å². The van der Waals surface area contributed by atoms with Crippen molar-refractivity contribution in [1.82, 2.24) is 15.0 Å². The summed E-state index contributed by atoms with van der Waals surface area (Å²) in [6.45, 7) is 5.10. The highest BCUT2D eigenvalue weighted by atomic mass is 35.5. The number of hydrogen-bond donors (Lipinski definition) is 2. The predicted octanol–water partition coefficient (Wildman–Crippen LogP) is 6.54. The number of rotatable bonds is 5. The van der Waals surface area contributed by atoms with Crippen LogP contribution in [-0.4, -0.2) is 20.1 Å². The Morgan fingerprint density at radius 3 is 2.31 bits per heavy atom. The second-order valence-corrected chi connectivity index (χ2v) is 8.89. The average Bonchev–Trinajstić information content (AvgIpc) is 2.75. The number of hydrogen-bond acceptors (Lipinski definition) is 5. The largest absolute Gasteiger partial charge is 0.382 e. The van der Waals surface area contributed by atoms with Crippen molar-refractivity contribution in [2.75, 3.05) is 5.32 Å². The lowest BCUT2D eigenvalue weighted by atomic mass is 10.0. The summed E-state index contributed by atoms with van der Waals surface area (Å²) in [7, 11) is 0. The minimum Gasteiger partial charge on any atom is -0.382 e. The fraction of sp³-hybridized carbons (Fsp3) is 0.208. The van der Waals surface area contributed by atoms with E-state index >= 15 is 0 Å². The van der Waals surface area contributed by atoms with Gasteiger partial charge >= 0.3 is 0 Å². The molecule has 2 heterocycles. The number of aromatic nitrogens is 3. The summed E-state index contributed by atoms with van der Waals surface area (Å²) >= 11 is 13.0. The number of benzene rings is 2. The molecule has 0 spiro atoms. The van der Waals surface area contributed by atoms with Crippen LogP contribution in [0.25, 0.3) is 22.0 Å². The van der Waals surface area contributed by atoms with Gasteiger partial charge in [0.2, 0.25) is 0 Å². The number of halogens is 3. The maximum Gasteiger partial charge on any atom is 0.159 e. The summed E-state index contributed by atoms with van der Waals surface area (Å²) in [5.74, 6) is 0.0173. The van der Waals surface area contributed by atoms with E-state index in [0.717, 1.165) is 11.1 Å². The number of nitrogens with one attached hydrogen (secondary N) is 1. The Balaban J connectivity index is 1.80. The summed E-state index contributed by atoms with van der Waals surface area (Å²) in [6, 6.07) is 9.90. The molecule has 0 fully saturated rings. The topological polar surface area (TPSA) is 70.9 Å². The van der Waals surface area contributed by atoms with Gasteiger partial charge in [-0.15, -0.1) is 0 Å². The normalized spacial score (nSPS) is 12.7. The van der Waals surface area contributed by atoms with Gasteiger partial charge in [-0.3, -0.25) is 4.98 Å². The maximum atomic E-state index is 14.3. The molecule has 8 heteroatoms. The minimum absolute atomic E-state index is 0.301.